The molecule has 0 bridgehead atoms. The Hall–Kier alpha value is -3.36. The van der Waals surface area contributed by atoms with Gasteiger partial charge in [0.2, 0.25) is 0 Å². The van der Waals surface area contributed by atoms with Crippen molar-refractivity contribution in [2.24, 2.45) is 0 Å². The van der Waals surface area contributed by atoms with Gasteiger partial charge in [-0.25, -0.2) is 4.79 Å². The van der Waals surface area contributed by atoms with E-state index in [-0.39, 0.29) is 6.61 Å². The summed E-state index contributed by atoms with van der Waals surface area (Å²) in [5.41, 5.74) is 3.01. The minimum atomic E-state index is -0.439. The van der Waals surface area contributed by atoms with Crippen molar-refractivity contribution >= 4 is 5.97 Å². The molecule has 0 spiro atoms. The normalized spacial score (nSPS) is 10.6. The molecule has 0 saturated heterocycles. The number of nitrogens with zero attached hydrogens (tertiary/aromatic N) is 1. The molecule has 0 atom stereocenters. The summed E-state index contributed by atoms with van der Waals surface area (Å²) in [7, 11) is 0. The zero-order chi connectivity index (χ0) is 24.4. The zero-order valence-corrected chi connectivity index (χ0v) is 20.0. The van der Waals surface area contributed by atoms with Gasteiger partial charge in [-0.15, -0.1) is 0 Å². The van der Waals surface area contributed by atoms with Crippen molar-refractivity contribution < 1.29 is 19.4 Å². The number of aliphatic hydroxyl groups excluding tert-OH is 1. The molecule has 0 aromatic heterocycles. The van der Waals surface area contributed by atoms with Gasteiger partial charge in [-0.05, 0) is 61.4 Å². The van der Waals surface area contributed by atoms with Crippen LogP contribution in [0.2, 0.25) is 0 Å². The molecule has 0 saturated carbocycles. The number of aliphatic hydroxyl groups is 1. The first-order chi connectivity index (χ1) is 15.5. The van der Waals surface area contributed by atoms with E-state index < -0.39 is 5.97 Å². The lowest BCUT2D eigenvalue weighted by atomic mass is 10.0. The Kier molecular flexibility index (Phi) is 15.5. The lowest BCUT2D eigenvalue weighted by molar-refractivity contribution is -0.130. The van der Waals surface area contributed by atoms with E-state index in [4.69, 9.17) is 19.8 Å². The molecule has 1 N–H and O–H groups in total. The van der Waals surface area contributed by atoms with Crippen LogP contribution in [-0.2, 0) is 9.53 Å². The minimum absolute atomic E-state index is 0.0818. The number of carbonyl (C=O) groups excluding carboxylic acids is 1. The molecule has 0 amide bonds. The van der Waals surface area contributed by atoms with Crippen molar-refractivity contribution in [2.75, 3.05) is 13.2 Å². The van der Waals surface area contributed by atoms with Gasteiger partial charge < -0.3 is 14.6 Å². The van der Waals surface area contributed by atoms with E-state index in [0.717, 1.165) is 11.1 Å². The molecule has 2 aromatic carbocycles. The zero-order valence-electron chi connectivity index (χ0n) is 20.0. The second-order valence-corrected chi connectivity index (χ2v) is 6.16. The number of hydrogen-bond donors (Lipinski definition) is 1. The quantitative estimate of drug-likeness (QED) is 0.128. The van der Waals surface area contributed by atoms with Gasteiger partial charge in [0, 0.05) is 18.6 Å². The van der Waals surface area contributed by atoms with Gasteiger partial charge in [0.25, 0.3) is 0 Å². The fourth-order valence-corrected chi connectivity index (χ4v) is 2.30. The fourth-order valence-electron chi connectivity index (χ4n) is 2.30. The summed E-state index contributed by atoms with van der Waals surface area (Å²) in [4.78, 5) is 12.2. The van der Waals surface area contributed by atoms with Gasteiger partial charge in [-0.2, -0.15) is 5.26 Å². The van der Waals surface area contributed by atoms with E-state index in [1.165, 1.54) is 0 Å². The average Bonchev–Trinajstić information content (AvgIpc) is 2.85. The van der Waals surface area contributed by atoms with E-state index >= 15 is 0 Å². The molecule has 0 heterocycles. The molecule has 5 heteroatoms. The van der Waals surface area contributed by atoms with E-state index in [2.05, 4.69) is 6.07 Å². The average molecular weight is 438 g/mol. The van der Waals surface area contributed by atoms with Crippen LogP contribution in [0.5, 0.6) is 5.75 Å². The summed E-state index contributed by atoms with van der Waals surface area (Å²) in [6.07, 6.45) is 3.90. The molecule has 32 heavy (non-hydrogen) atoms. The van der Waals surface area contributed by atoms with Crippen LogP contribution in [0.1, 0.15) is 53.5 Å². The Labute approximate surface area is 192 Å². The molecule has 0 aliphatic carbocycles. The molecular weight excluding hydrogens is 402 g/mol. The number of hydrogen-bond acceptors (Lipinski definition) is 5. The van der Waals surface area contributed by atoms with Gasteiger partial charge in [-0.1, -0.05) is 52.0 Å². The number of esters is 1. The molecule has 0 radical (unpaired) electrons. The Bertz CT molecular complexity index is 889. The molecular formula is C27H35NO4. The third-order valence-electron chi connectivity index (χ3n) is 3.93. The molecule has 0 aliphatic heterocycles. The van der Waals surface area contributed by atoms with Crippen LogP contribution in [0.3, 0.4) is 0 Å². The van der Waals surface area contributed by atoms with E-state index in [1.807, 2.05) is 52.0 Å². The van der Waals surface area contributed by atoms with Crippen LogP contribution in [-0.4, -0.2) is 24.3 Å². The predicted octanol–water partition coefficient (Wildman–Crippen LogP) is 6.43. The largest absolute Gasteiger partial charge is 0.498 e. The second kappa shape index (κ2) is 17.3. The highest BCUT2D eigenvalue weighted by molar-refractivity contribution is 5.89. The maximum absolute atomic E-state index is 12.2. The second-order valence-electron chi connectivity index (χ2n) is 6.16. The smallest absolute Gasteiger partial charge is 0.339 e. The van der Waals surface area contributed by atoms with E-state index in [1.54, 1.807) is 50.3 Å². The van der Waals surface area contributed by atoms with Gasteiger partial charge in [0.1, 0.15) is 5.75 Å². The topological polar surface area (TPSA) is 79.6 Å². The van der Waals surface area contributed by atoms with Crippen LogP contribution in [0.25, 0.3) is 11.1 Å². The Morgan fingerprint density at radius 1 is 0.938 bits per heavy atom. The maximum Gasteiger partial charge on any atom is 0.339 e. The van der Waals surface area contributed by atoms with Gasteiger partial charge in [0.05, 0.1) is 24.0 Å². The number of carbonyl (C=O) groups is 1. The van der Waals surface area contributed by atoms with Crippen LogP contribution >= 0.6 is 0 Å². The lowest BCUT2D eigenvalue weighted by Crippen LogP contribution is -2.09. The van der Waals surface area contributed by atoms with Crippen molar-refractivity contribution in [1.82, 2.24) is 0 Å². The summed E-state index contributed by atoms with van der Waals surface area (Å²) in [5, 5.41) is 17.6. The SMILES string of the molecule is C/C(=C\C=C(/C)C(=O)Oc1ccc(-c2ccc(C#N)cc2)cc1)OCCCO.CC.CC. The molecule has 5 nitrogen and oxygen atoms in total. The van der Waals surface area contributed by atoms with Gasteiger partial charge in [-0.3, -0.25) is 0 Å². The highest BCUT2D eigenvalue weighted by atomic mass is 16.5. The third kappa shape index (κ3) is 10.6. The molecule has 0 aliphatic rings. The van der Waals surface area contributed by atoms with Crippen LogP contribution in [0, 0.1) is 11.3 Å². The van der Waals surface area contributed by atoms with Crippen molar-refractivity contribution in [3.8, 4) is 22.9 Å². The van der Waals surface area contributed by atoms with Crippen molar-refractivity contribution in [1.29, 1.82) is 5.26 Å². The Morgan fingerprint density at radius 2 is 1.47 bits per heavy atom. The first kappa shape index (κ1) is 28.6. The molecule has 0 unspecified atom stereocenters. The molecule has 0 fully saturated rings. The standard InChI is InChI=1S/C23H23NO4.2C2H6/c1-17(4-5-18(2)27-15-3-14-25)23(26)28-22-12-10-21(11-13-22)20-8-6-19(16-24)7-9-20;2*1-2/h4-13,25H,3,14-15H2,1-2H3;2*1-2H3/b17-4+,18-5+;;. The molecule has 2 rings (SSSR count). The summed E-state index contributed by atoms with van der Waals surface area (Å²) >= 11 is 0. The molecule has 2 aromatic rings. The summed E-state index contributed by atoms with van der Waals surface area (Å²) < 4.78 is 10.8. The summed E-state index contributed by atoms with van der Waals surface area (Å²) in [6.45, 7) is 12.0. The number of rotatable bonds is 8. The number of benzene rings is 2. The third-order valence-corrected chi connectivity index (χ3v) is 3.93. The fraction of sp³-hybridized carbons (Fsp3) is 0.333. The lowest BCUT2D eigenvalue weighted by Gasteiger charge is -2.07. The summed E-state index contributed by atoms with van der Waals surface area (Å²) in [6, 6.07) is 16.6. The highest BCUT2D eigenvalue weighted by Gasteiger charge is 2.07. The van der Waals surface area contributed by atoms with E-state index in [9.17, 15) is 4.79 Å². The first-order valence-corrected chi connectivity index (χ1v) is 10.9. The summed E-state index contributed by atoms with van der Waals surface area (Å²) in [5.74, 6) is 0.674. The first-order valence-electron chi connectivity index (χ1n) is 10.9. The van der Waals surface area contributed by atoms with Crippen LogP contribution in [0.4, 0.5) is 0 Å². The number of nitriles is 1. The maximum atomic E-state index is 12.2. The number of allylic oxidation sites excluding steroid dienone is 3. The highest BCUT2D eigenvalue weighted by Crippen LogP contribution is 2.23. The van der Waals surface area contributed by atoms with Crippen LogP contribution < -0.4 is 4.74 Å². The predicted molar refractivity (Wildman–Crippen MR) is 130 cm³/mol. The van der Waals surface area contributed by atoms with Crippen molar-refractivity contribution in [3.05, 3.63) is 77.6 Å². The van der Waals surface area contributed by atoms with Gasteiger partial charge >= 0.3 is 5.97 Å². The van der Waals surface area contributed by atoms with Crippen molar-refractivity contribution in [3.63, 3.8) is 0 Å². The Morgan fingerprint density at radius 3 is 1.97 bits per heavy atom. The van der Waals surface area contributed by atoms with E-state index in [0.29, 0.717) is 35.7 Å². The molecule has 172 valence electrons. The minimum Gasteiger partial charge on any atom is -0.498 e. The van der Waals surface area contributed by atoms with Crippen LogP contribution in [0.15, 0.2) is 72.0 Å². The number of ether oxygens (including phenoxy) is 2. The van der Waals surface area contributed by atoms with Gasteiger partial charge in [0.15, 0.2) is 0 Å². The Balaban J connectivity index is 0.00000227. The van der Waals surface area contributed by atoms with Crippen molar-refractivity contribution in [2.45, 2.75) is 48.0 Å². The monoisotopic (exact) mass is 437 g/mol.